The number of methoxy groups -OCH3 is 1. The molecule has 0 aliphatic carbocycles. The summed E-state index contributed by atoms with van der Waals surface area (Å²) in [5, 5.41) is 7.51. The van der Waals surface area contributed by atoms with Crippen molar-refractivity contribution in [1.82, 2.24) is 15.5 Å². The molecule has 4 amide bonds. The molecule has 0 saturated carbocycles. The quantitative estimate of drug-likeness (QED) is 0.703. The number of urea groups is 1. The fourth-order valence-electron chi connectivity index (χ4n) is 3.61. The topological polar surface area (TPSA) is 87.7 Å². The third-order valence-electron chi connectivity index (χ3n) is 5.55. The molecule has 1 fully saturated rings. The SMILES string of the molecule is CCC(CC)NC(=O)CN1C(=O)NC(C)(c2ccc3cc(OC)ccc3c2)C1=O. The number of carbonyl (C=O) groups excluding carboxylic acids is 3. The van der Waals surface area contributed by atoms with Crippen molar-refractivity contribution < 1.29 is 19.1 Å². The molecule has 1 heterocycles. The Hall–Kier alpha value is -3.09. The van der Waals surface area contributed by atoms with E-state index in [4.69, 9.17) is 4.74 Å². The lowest BCUT2D eigenvalue weighted by atomic mass is 9.90. The van der Waals surface area contributed by atoms with E-state index in [1.165, 1.54) is 0 Å². The molecule has 2 N–H and O–H groups in total. The number of hydrogen-bond acceptors (Lipinski definition) is 4. The highest BCUT2D eigenvalue weighted by Gasteiger charge is 2.49. The zero-order valence-corrected chi connectivity index (χ0v) is 17.2. The second-order valence-corrected chi connectivity index (χ2v) is 7.46. The molecule has 2 aromatic carbocycles. The van der Waals surface area contributed by atoms with Crippen LogP contribution in [0.5, 0.6) is 5.75 Å². The van der Waals surface area contributed by atoms with Crippen molar-refractivity contribution in [2.45, 2.75) is 45.2 Å². The molecule has 1 unspecified atom stereocenters. The molecule has 154 valence electrons. The zero-order valence-electron chi connectivity index (χ0n) is 17.2. The van der Waals surface area contributed by atoms with Crippen LogP contribution in [0.2, 0.25) is 0 Å². The molecule has 0 aromatic heterocycles. The van der Waals surface area contributed by atoms with Gasteiger partial charge < -0.3 is 15.4 Å². The van der Waals surface area contributed by atoms with Crippen LogP contribution >= 0.6 is 0 Å². The summed E-state index contributed by atoms with van der Waals surface area (Å²) in [6.45, 7) is 5.33. The van der Waals surface area contributed by atoms with Crippen molar-refractivity contribution in [1.29, 1.82) is 0 Å². The molecule has 1 aliphatic heterocycles. The highest BCUT2D eigenvalue weighted by Crippen LogP contribution is 2.31. The molecular weight excluding hydrogens is 370 g/mol. The predicted molar refractivity (Wildman–Crippen MR) is 111 cm³/mol. The first-order valence-electron chi connectivity index (χ1n) is 9.84. The molecule has 3 rings (SSSR count). The van der Waals surface area contributed by atoms with Gasteiger partial charge in [0.2, 0.25) is 5.91 Å². The summed E-state index contributed by atoms with van der Waals surface area (Å²) in [6.07, 6.45) is 1.59. The van der Waals surface area contributed by atoms with Gasteiger partial charge in [-0.2, -0.15) is 0 Å². The van der Waals surface area contributed by atoms with Crippen molar-refractivity contribution >= 4 is 28.6 Å². The molecule has 7 heteroatoms. The third kappa shape index (κ3) is 3.90. The molecular formula is C22H27N3O4. The van der Waals surface area contributed by atoms with E-state index in [1.807, 2.05) is 50.2 Å². The van der Waals surface area contributed by atoms with Crippen LogP contribution in [-0.4, -0.2) is 42.4 Å². The van der Waals surface area contributed by atoms with Crippen LogP contribution in [0.3, 0.4) is 0 Å². The Kier molecular flexibility index (Phi) is 5.77. The van der Waals surface area contributed by atoms with Crippen molar-refractivity contribution in [2.75, 3.05) is 13.7 Å². The monoisotopic (exact) mass is 397 g/mol. The minimum Gasteiger partial charge on any atom is -0.497 e. The molecule has 0 radical (unpaired) electrons. The Bertz CT molecular complexity index is 954. The van der Waals surface area contributed by atoms with E-state index in [0.717, 1.165) is 34.3 Å². The summed E-state index contributed by atoms with van der Waals surface area (Å²) in [5.74, 6) is -0.0246. The number of nitrogens with one attached hydrogen (secondary N) is 2. The van der Waals surface area contributed by atoms with Gasteiger partial charge in [0.1, 0.15) is 17.8 Å². The molecule has 1 aliphatic rings. The lowest BCUT2D eigenvalue weighted by molar-refractivity contribution is -0.135. The lowest BCUT2D eigenvalue weighted by Gasteiger charge is -2.23. The number of imide groups is 1. The maximum absolute atomic E-state index is 13.1. The van der Waals surface area contributed by atoms with Gasteiger partial charge in [-0.05, 0) is 54.3 Å². The molecule has 0 spiro atoms. The van der Waals surface area contributed by atoms with E-state index in [0.29, 0.717) is 5.56 Å². The average Bonchev–Trinajstić information content (AvgIpc) is 2.95. The Morgan fingerprint density at radius 1 is 1.14 bits per heavy atom. The number of nitrogens with zero attached hydrogens (tertiary/aromatic N) is 1. The van der Waals surface area contributed by atoms with E-state index < -0.39 is 17.5 Å². The maximum Gasteiger partial charge on any atom is 0.325 e. The van der Waals surface area contributed by atoms with Crippen LogP contribution in [0, 0.1) is 0 Å². The van der Waals surface area contributed by atoms with Crippen LogP contribution < -0.4 is 15.4 Å². The summed E-state index contributed by atoms with van der Waals surface area (Å²) in [4.78, 5) is 38.8. The number of rotatable bonds is 7. The Balaban J connectivity index is 1.83. The molecule has 7 nitrogen and oxygen atoms in total. The molecule has 29 heavy (non-hydrogen) atoms. The van der Waals surface area contributed by atoms with Gasteiger partial charge in [0.15, 0.2) is 0 Å². The van der Waals surface area contributed by atoms with Crippen LogP contribution in [0.1, 0.15) is 39.2 Å². The number of amides is 4. The van der Waals surface area contributed by atoms with Gasteiger partial charge >= 0.3 is 6.03 Å². The van der Waals surface area contributed by atoms with E-state index in [9.17, 15) is 14.4 Å². The van der Waals surface area contributed by atoms with E-state index in [-0.39, 0.29) is 18.5 Å². The minimum atomic E-state index is -1.22. The van der Waals surface area contributed by atoms with E-state index in [1.54, 1.807) is 14.0 Å². The summed E-state index contributed by atoms with van der Waals surface area (Å²) in [5.41, 5.74) is -0.558. The second kappa shape index (κ2) is 8.11. The molecule has 1 saturated heterocycles. The van der Waals surface area contributed by atoms with Crippen LogP contribution in [0.4, 0.5) is 4.79 Å². The number of hydrogen-bond donors (Lipinski definition) is 2. The van der Waals surface area contributed by atoms with Gasteiger partial charge in [-0.25, -0.2) is 4.79 Å². The number of ether oxygens (including phenoxy) is 1. The number of carbonyl (C=O) groups is 3. The van der Waals surface area contributed by atoms with Crippen LogP contribution in [-0.2, 0) is 15.1 Å². The summed E-state index contributed by atoms with van der Waals surface area (Å²) in [7, 11) is 1.61. The Labute approximate surface area is 170 Å². The van der Waals surface area contributed by atoms with Gasteiger partial charge in [0.25, 0.3) is 5.91 Å². The fourth-order valence-corrected chi connectivity index (χ4v) is 3.61. The number of fused-ring (bicyclic) bond motifs is 1. The van der Waals surface area contributed by atoms with Gasteiger partial charge in [-0.15, -0.1) is 0 Å². The van der Waals surface area contributed by atoms with Gasteiger partial charge in [0, 0.05) is 6.04 Å². The predicted octanol–water partition coefficient (Wildman–Crippen LogP) is 2.92. The standard InChI is InChI=1S/C22H27N3O4/c1-5-17(6-2)23-19(26)13-25-20(27)22(3,24-21(25)28)16-9-7-15-12-18(29-4)10-8-14(15)11-16/h7-12,17H,5-6,13H2,1-4H3,(H,23,26)(H,24,28). The van der Waals surface area contributed by atoms with E-state index >= 15 is 0 Å². The number of benzene rings is 2. The van der Waals surface area contributed by atoms with Gasteiger partial charge in [-0.3, -0.25) is 14.5 Å². The first-order chi connectivity index (χ1) is 13.8. The molecule has 0 bridgehead atoms. The largest absolute Gasteiger partial charge is 0.497 e. The normalized spacial score (nSPS) is 19.0. The highest BCUT2D eigenvalue weighted by atomic mass is 16.5. The highest BCUT2D eigenvalue weighted by molar-refractivity contribution is 6.09. The van der Waals surface area contributed by atoms with Crippen molar-refractivity contribution in [3.8, 4) is 5.75 Å². The molecule has 2 aromatic rings. The van der Waals surface area contributed by atoms with E-state index in [2.05, 4.69) is 10.6 Å². The van der Waals surface area contributed by atoms with Crippen molar-refractivity contribution in [3.63, 3.8) is 0 Å². The van der Waals surface area contributed by atoms with Crippen LogP contribution in [0.15, 0.2) is 36.4 Å². The third-order valence-corrected chi connectivity index (χ3v) is 5.55. The fraction of sp³-hybridized carbons (Fsp3) is 0.409. The first-order valence-corrected chi connectivity index (χ1v) is 9.84. The van der Waals surface area contributed by atoms with Crippen molar-refractivity contribution in [2.24, 2.45) is 0 Å². The zero-order chi connectivity index (χ0) is 21.2. The van der Waals surface area contributed by atoms with Crippen molar-refractivity contribution in [3.05, 3.63) is 42.0 Å². The smallest absolute Gasteiger partial charge is 0.325 e. The second-order valence-electron chi connectivity index (χ2n) is 7.46. The molecule has 1 atom stereocenters. The summed E-state index contributed by atoms with van der Waals surface area (Å²) < 4.78 is 5.24. The Morgan fingerprint density at radius 2 is 1.79 bits per heavy atom. The van der Waals surface area contributed by atoms with Crippen LogP contribution in [0.25, 0.3) is 10.8 Å². The lowest BCUT2D eigenvalue weighted by Crippen LogP contribution is -2.45. The summed E-state index contributed by atoms with van der Waals surface area (Å²) in [6, 6.07) is 10.7. The maximum atomic E-state index is 13.1. The Morgan fingerprint density at radius 3 is 2.45 bits per heavy atom. The minimum absolute atomic E-state index is 0.0344. The average molecular weight is 397 g/mol. The first kappa shape index (κ1) is 20.6. The van der Waals surface area contributed by atoms with Gasteiger partial charge in [0.05, 0.1) is 7.11 Å². The van der Waals surface area contributed by atoms with Gasteiger partial charge in [-0.1, -0.05) is 32.0 Å². The summed E-state index contributed by atoms with van der Waals surface area (Å²) >= 11 is 0.